The first-order chi connectivity index (χ1) is 6.79. The molecular weight excluding hydrogens is 174 g/mol. The Balaban J connectivity index is 2.76. The lowest BCUT2D eigenvalue weighted by Gasteiger charge is -2.15. The van der Waals surface area contributed by atoms with E-state index in [1.807, 2.05) is 6.08 Å². The van der Waals surface area contributed by atoms with Gasteiger partial charge >= 0.3 is 0 Å². The Hall–Kier alpha value is -1.18. The molecule has 0 heterocycles. The first kappa shape index (κ1) is 10.9. The predicted molar refractivity (Wildman–Crippen MR) is 59.3 cm³/mol. The van der Waals surface area contributed by atoms with E-state index in [4.69, 9.17) is 0 Å². The third-order valence-electron chi connectivity index (χ3n) is 2.90. The summed E-state index contributed by atoms with van der Waals surface area (Å²) in [6.45, 7) is 5.71. The van der Waals surface area contributed by atoms with E-state index in [0.29, 0.717) is 11.8 Å². The Labute approximate surface area is 85.4 Å². The summed E-state index contributed by atoms with van der Waals surface area (Å²) >= 11 is 0. The standard InChI is InChI=1S/C12H17NO/c1-10-5-3-7-12(10)11(9-13-2)6-4-8-14/h4,6,8-10,12H,2-3,5,7H2,1H3/b6-4-,11-9-. The highest BCUT2D eigenvalue weighted by atomic mass is 16.1. The van der Waals surface area contributed by atoms with E-state index in [0.717, 1.165) is 11.9 Å². The smallest absolute Gasteiger partial charge is 0.142 e. The molecule has 0 saturated heterocycles. The molecule has 1 rings (SSSR count). The van der Waals surface area contributed by atoms with Crippen molar-refractivity contribution in [2.24, 2.45) is 16.8 Å². The molecule has 0 aliphatic heterocycles. The van der Waals surface area contributed by atoms with Crippen LogP contribution in [0, 0.1) is 11.8 Å². The molecule has 1 saturated carbocycles. The van der Waals surface area contributed by atoms with E-state index >= 15 is 0 Å². The van der Waals surface area contributed by atoms with Gasteiger partial charge in [0, 0.05) is 6.20 Å². The molecule has 2 heteroatoms. The lowest BCUT2D eigenvalue weighted by molar-refractivity contribution is -0.104. The van der Waals surface area contributed by atoms with Crippen molar-refractivity contribution >= 4 is 13.0 Å². The summed E-state index contributed by atoms with van der Waals surface area (Å²) in [6, 6.07) is 0. The van der Waals surface area contributed by atoms with Gasteiger partial charge in [0.1, 0.15) is 6.29 Å². The number of aldehydes is 1. The van der Waals surface area contributed by atoms with Gasteiger partial charge in [0.25, 0.3) is 0 Å². The van der Waals surface area contributed by atoms with Gasteiger partial charge in [-0.3, -0.25) is 9.79 Å². The van der Waals surface area contributed by atoms with Crippen LogP contribution in [0.15, 0.2) is 28.9 Å². The number of carbonyl (C=O) groups excluding carboxylic acids is 1. The van der Waals surface area contributed by atoms with E-state index in [2.05, 4.69) is 18.6 Å². The lowest BCUT2D eigenvalue weighted by atomic mass is 9.90. The van der Waals surface area contributed by atoms with E-state index < -0.39 is 0 Å². The summed E-state index contributed by atoms with van der Waals surface area (Å²) in [6.07, 6.45) is 9.70. The Morgan fingerprint density at radius 3 is 2.79 bits per heavy atom. The highest BCUT2D eigenvalue weighted by molar-refractivity contribution is 5.65. The van der Waals surface area contributed by atoms with Crippen LogP contribution in [-0.2, 0) is 4.79 Å². The molecule has 0 N–H and O–H groups in total. The molecule has 0 amide bonds. The summed E-state index contributed by atoms with van der Waals surface area (Å²) in [4.78, 5) is 14.0. The van der Waals surface area contributed by atoms with Gasteiger partial charge in [-0.25, -0.2) is 0 Å². The van der Waals surface area contributed by atoms with Gasteiger partial charge in [-0.2, -0.15) is 0 Å². The quantitative estimate of drug-likeness (QED) is 0.291. The van der Waals surface area contributed by atoms with E-state index in [-0.39, 0.29) is 0 Å². The summed E-state index contributed by atoms with van der Waals surface area (Å²) in [7, 11) is 0. The highest BCUT2D eigenvalue weighted by Gasteiger charge is 2.25. The molecule has 1 aliphatic carbocycles. The fraction of sp³-hybridized carbons (Fsp3) is 0.500. The summed E-state index contributed by atoms with van der Waals surface area (Å²) in [5, 5.41) is 0. The van der Waals surface area contributed by atoms with Crippen LogP contribution < -0.4 is 0 Å². The molecule has 0 aromatic rings. The molecule has 2 nitrogen and oxygen atoms in total. The molecule has 1 aliphatic rings. The third-order valence-corrected chi connectivity index (χ3v) is 2.90. The number of rotatable bonds is 4. The van der Waals surface area contributed by atoms with Crippen LogP contribution >= 0.6 is 0 Å². The molecule has 0 bridgehead atoms. The SMILES string of the molecule is C=N/C=C(/C=C\C=O)C1CCCC1C. The number of aliphatic imine (C=N–C) groups is 1. The molecule has 0 aromatic heterocycles. The summed E-state index contributed by atoms with van der Waals surface area (Å²) in [5.74, 6) is 1.25. The molecule has 2 unspecified atom stereocenters. The van der Waals surface area contributed by atoms with Crippen molar-refractivity contribution in [1.29, 1.82) is 0 Å². The minimum Gasteiger partial charge on any atom is -0.299 e. The average molecular weight is 191 g/mol. The number of carbonyl (C=O) groups is 1. The highest BCUT2D eigenvalue weighted by Crippen LogP contribution is 2.36. The molecule has 0 spiro atoms. The second-order valence-corrected chi connectivity index (χ2v) is 3.82. The number of hydrogen-bond donors (Lipinski definition) is 0. The van der Waals surface area contributed by atoms with Crippen LogP contribution in [0.3, 0.4) is 0 Å². The maximum atomic E-state index is 10.2. The van der Waals surface area contributed by atoms with Crippen molar-refractivity contribution in [2.75, 3.05) is 0 Å². The molecule has 2 atom stereocenters. The summed E-state index contributed by atoms with van der Waals surface area (Å²) < 4.78 is 0. The van der Waals surface area contributed by atoms with Gasteiger partial charge in [0.05, 0.1) is 0 Å². The maximum absolute atomic E-state index is 10.2. The fourth-order valence-corrected chi connectivity index (χ4v) is 2.16. The van der Waals surface area contributed by atoms with Crippen molar-refractivity contribution in [3.63, 3.8) is 0 Å². The summed E-state index contributed by atoms with van der Waals surface area (Å²) in [5.41, 5.74) is 1.14. The minimum absolute atomic E-state index is 0.552. The Bertz CT molecular complexity index is 265. The van der Waals surface area contributed by atoms with E-state index in [9.17, 15) is 4.79 Å². The number of nitrogens with zero attached hydrogens (tertiary/aromatic N) is 1. The molecule has 1 fully saturated rings. The Morgan fingerprint density at radius 1 is 1.50 bits per heavy atom. The van der Waals surface area contributed by atoms with Crippen molar-refractivity contribution < 1.29 is 4.79 Å². The van der Waals surface area contributed by atoms with Crippen LogP contribution in [-0.4, -0.2) is 13.0 Å². The Morgan fingerprint density at radius 2 is 2.29 bits per heavy atom. The van der Waals surface area contributed by atoms with Gasteiger partial charge in [-0.05, 0) is 36.6 Å². The molecule has 76 valence electrons. The fourth-order valence-electron chi connectivity index (χ4n) is 2.16. The number of allylic oxidation sites excluding steroid dienone is 3. The lowest BCUT2D eigenvalue weighted by Crippen LogP contribution is -2.05. The van der Waals surface area contributed by atoms with Crippen LogP contribution in [0.25, 0.3) is 0 Å². The largest absolute Gasteiger partial charge is 0.299 e. The first-order valence-corrected chi connectivity index (χ1v) is 5.07. The third kappa shape index (κ3) is 2.66. The van der Waals surface area contributed by atoms with Crippen molar-refractivity contribution in [3.05, 3.63) is 23.9 Å². The van der Waals surface area contributed by atoms with Crippen LogP contribution in [0.1, 0.15) is 26.2 Å². The molecule has 0 radical (unpaired) electrons. The van der Waals surface area contributed by atoms with Crippen molar-refractivity contribution in [1.82, 2.24) is 0 Å². The van der Waals surface area contributed by atoms with Crippen LogP contribution in [0.5, 0.6) is 0 Å². The van der Waals surface area contributed by atoms with Gasteiger partial charge in [0.15, 0.2) is 0 Å². The van der Waals surface area contributed by atoms with Crippen LogP contribution in [0.2, 0.25) is 0 Å². The number of hydrogen-bond acceptors (Lipinski definition) is 2. The Kier molecular flexibility index (Phi) is 4.30. The maximum Gasteiger partial charge on any atom is 0.142 e. The molecular formula is C12H17NO. The van der Waals surface area contributed by atoms with Gasteiger partial charge in [-0.1, -0.05) is 25.8 Å². The van der Waals surface area contributed by atoms with E-state index in [1.165, 1.54) is 25.3 Å². The predicted octanol–water partition coefficient (Wildman–Crippen LogP) is 2.76. The topological polar surface area (TPSA) is 29.4 Å². The molecule has 0 aromatic carbocycles. The van der Waals surface area contributed by atoms with Crippen molar-refractivity contribution in [2.45, 2.75) is 26.2 Å². The first-order valence-electron chi connectivity index (χ1n) is 5.07. The zero-order valence-corrected chi connectivity index (χ0v) is 8.65. The van der Waals surface area contributed by atoms with E-state index in [1.54, 1.807) is 6.20 Å². The second-order valence-electron chi connectivity index (χ2n) is 3.82. The van der Waals surface area contributed by atoms with Gasteiger partial charge < -0.3 is 0 Å². The van der Waals surface area contributed by atoms with Crippen molar-refractivity contribution in [3.8, 4) is 0 Å². The monoisotopic (exact) mass is 191 g/mol. The zero-order chi connectivity index (χ0) is 10.4. The van der Waals surface area contributed by atoms with Gasteiger partial charge in [0.2, 0.25) is 0 Å². The molecule has 14 heavy (non-hydrogen) atoms. The van der Waals surface area contributed by atoms with Crippen LogP contribution in [0.4, 0.5) is 0 Å². The average Bonchev–Trinajstić information content (AvgIpc) is 2.59. The second kappa shape index (κ2) is 5.53. The van der Waals surface area contributed by atoms with Gasteiger partial charge in [-0.15, -0.1) is 0 Å². The minimum atomic E-state index is 0.552. The normalized spacial score (nSPS) is 28.2. The zero-order valence-electron chi connectivity index (χ0n) is 8.65.